The van der Waals surface area contributed by atoms with Crippen LogP contribution in [0.15, 0.2) is 29.2 Å². The van der Waals surface area contributed by atoms with Gasteiger partial charge in [0.2, 0.25) is 0 Å². The minimum Gasteiger partial charge on any atom is -0.362 e. The van der Waals surface area contributed by atoms with Crippen molar-refractivity contribution in [2.24, 2.45) is 0 Å². The summed E-state index contributed by atoms with van der Waals surface area (Å²) in [6.07, 6.45) is 1.81. The number of hydrogen-bond donors (Lipinski definition) is 1. The van der Waals surface area contributed by atoms with Crippen LogP contribution < -0.4 is 5.32 Å². The molecule has 0 amide bonds. The third-order valence-electron chi connectivity index (χ3n) is 2.17. The van der Waals surface area contributed by atoms with Crippen molar-refractivity contribution in [3.63, 3.8) is 0 Å². The van der Waals surface area contributed by atoms with Crippen LogP contribution in [0.4, 0.5) is 5.82 Å². The van der Waals surface area contributed by atoms with Crippen LogP contribution in [-0.4, -0.2) is 9.97 Å². The SMILES string of the molecule is Cc1ccnc(NC(C)c2cscn2)c1. The second-order valence-corrected chi connectivity index (χ2v) is 4.22. The van der Waals surface area contributed by atoms with E-state index >= 15 is 0 Å². The summed E-state index contributed by atoms with van der Waals surface area (Å²) in [4.78, 5) is 8.52. The highest BCUT2D eigenvalue weighted by molar-refractivity contribution is 7.07. The normalized spacial score (nSPS) is 12.4. The first-order valence-electron chi connectivity index (χ1n) is 4.83. The summed E-state index contributed by atoms with van der Waals surface area (Å²) in [6, 6.07) is 4.22. The number of nitrogens with zero attached hydrogens (tertiary/aromatic N) is 2. The van der Waals surface area contributed by atoms with Crippen molar-refractivity contribution in [3.05, 3.63) is 40.5 Å². The molecule has 0 aromatic carbocycles. The van der Waals surface area contributed by atoms with E-state index in [1.165, 1.54) is 5.56 Å². The summed E-state index contributed by atoms with van der Waals surface area (Å²) in [5.74, 6) is 0.899. The molecule has 15 heavy (non-hydrogen) atoms. The predicted octanol–water partition coefficient (Wildman–Crippen LogP) is 3.02. The average molecular weight is 219 g/mol. The molecule has 2 heterocycles. The Kier molecular flexibility index (Phi) is 2.97. The lowest BCUT2D eigenvalue weighted by Gasteiger charge is -2.12. The van der Waals surface area contributed by atoms with Crippen LogP contribution in [0.1, 0.15) is 24.2 Å². The predicted molar refractivity (Wildman–Crippen MR) is 63.1 cm³/mol. The number of hydrogen-bond acceptors (Lipinski definition) is 4. The number of thiazole rings is 1. The van der Waals surface area contributed by atoms with E-state index < -0.39 is 0 Å². The van der Waals surface area contributed by atoms with Gasteiger partial charge in [-0.2, -0.15) is 0 Å². The molecule has 2 aromatic rings. The molecule has 78 valence electrons. The minimum absolute atomic E-state index is 0.200. The molecule has 0 bridgehead atoms. The highest BCUT2D eigenvalue weighted by Gasteiger charge is 2.07. The number of anilines is 1. The lowest BCUT2D eigenvalue weighted by molar-refractivity contribution is 0.841. The van der Waals surface area contributed by atoms with Crippen LogP contribution in [0.3, 0.4) is 0 Å². The second-order valence-electron chi connectivity index (χ2n) is 3.50. The van der Waals surface area contributed by atoms with Crippen LogP contribution in [0.5, 0.6) is 0 Å². The topological polar surface area (TPSA) is 37.8 Å². The zero-order valence-corrected chi connectivity index (χ0v) is 9.58. The number of rotatable bonds is 3. The molecule has 0 aliphatic rings. The Morgan fingerprint density at radius 2 is 2.27 bits per heavy atom. The van der Waals surface area contributed by atoms with Gasteiger partial charge in [0.1, 0.15) is 5.82 Å². The van der Waals surface area contributed by atoms with Crippen molar-refractivity contribution in [2.45, 2.75) is 19.9 Å². The van der Waals surface area contributed by atoms with E-state index in [9.17, 15) is 0 Å². The van der Waals surface area contributed by atoms with E-state index in [0.29, 0.717) is 0 Å². The Hall–Kier alpha value is -1.42. The monoisotopic (exact) mass is 219 g/mol. The molecule has 0 aliphatic carbocycles. The summed E-state index contributed by atoms with van der Waals surface area (Å²) < 4.78 is 0. The first kappa shape index (κ1) is 10.1. The van der Waals surface area contributed by atoms with Gasteiger partial charge in [0.05, 0.1) is 17.2 Å². The van der Waals surface area contributed by atoms with Crippen molar-refractivity contribution in [3.8, 4) is 0 Å². The first-order valence-corrected chi connectivity index (χ1v) is 5.77. The molecule has 0 saturated carbocycles. The van der Waals surface area contributed by atoms with E-state index in [0.717, 1.165) is 11.5 Å². The molecular weight excluding hydrogens is 206 g/mol. The maximum Gasteiger partial charge on any atom is 0.126 e. The fourth-order valence-electron chi connectivity index (χ4n) is 1.35. The fraction of sp³-hybridized carbons (Fsp3) is 0.273. The summed E-state index contributed by atoms with van der Waals surface area (Å²) in [7, 11) is 0. The number of aryl methyl sites for hydroxylation is 1. The highest BCUT2D eigenvalue weighted by atomic mass is 32.1. The quantitative estimate of drug-likeness (QED) is 0.862. The fourth-order valence-corrected chi connectivity index (χ4v) is 1.99. The maximum atomic E-state index is 4.26. The van der Waals surface area contributed by atoms with Gasteiger partial charge >= 0.3 is 0 Å². The number of aromatic nitrogens is 2. The molecule has 0 fully saturated rings. The van der Waals surface area contributed by atoms with E-state index in [-0.39, 0.29) is 6.04 Å². The van der Waals surface area contributed by atoms with Gasteiger partial charge in [-0.3, -0.25) is 0 Å². The van der Waals surface area contributed by atoms with Gasteiger partial charge in [-0.05, 0) is 31.5 Å². The second kappa shape index (κ2) is 4.40. The lowest BCUT2D eigenvalue weighted by atomic mass is 10.2. The zero-order valence-electron chi connectivity index (χ0n) is 8.77. The molecule has 1 unspecified atom stereocenters. The minimum atomic E-state index is 0.200. The largest absolute Gasteiger partial charge is 0.362 e. The summed E-state index contributed by atoms with van der Waals surface area (Å²) >= 11 is 1.61. The van der Waals surface area contributed by atoms with Gasteiger partial charge in [-0.25, -0.2) is 9.97 Å². The van der Waals surface area contributed by atoms with E-state index in [4.69, 9.17) is 0 Å². The van der Waals surface area contributed by atoms with E-state index in [2.05, 4.69) is 29.1 Å². The summed E-state index contributed by atoms with van der Waals surface area (Å²) in [6.45, 7) is 4.14. The number of pyridine rings is 1. The van der Waals surface area contributed by atoms with Crippen LogP contribution >= 0.6 is 11.3 Å². The molecule has 4 heteroatoms. The van der Waals surface area contributed by atoms with Crippen LogP contribution in [0.2, 0.25) is 0 Å². The molecule has 2 aromatic heterocycles. The van der Waals surface area contributed by atoms with Crippen molar-refractivity contribution >= 4 is 17.2 Å². The van der Waals surface area contributed by atoms with Gasteiger partial charge in [0, 0.05) is 11.6 Å². The van der Waals surface area contributed by atoms with Crippen LogP contribution in [0.25, 0.3) is 0 Å². The van der Waals surface area contributed by atoms with Crippen LogP contribution in [0, 0.1) is 6.92 Å². The van der Waals surface area contributed by atoms with E-state index in [1.54, 1.807) is 11.3 Å². The molecule has 1 atom stereocenters. The van der Waals surface area contributed by atoms with Gasteiger partial charge < -0.3 is 5.32 Å². The maximum absolute atomic E-state index is 4.26. The average Bonchev–Trinajstić information content (AvgIpc) is 2.70. The summed E-state index contributed by atoms with van der Waals surface area (Å²) in [5, 5.41) is 5.37. The summed E-state index contributed by atoms with van der Waals surface area (Å²) in [5.41, 5.74) is 4.11. The molecule has 0 aliphatic heterocycles. The number of nitrogens with one attached hydrogen (secondary N) is 1. The molecule has 0 radical (unpaired) electrons. The Labute approximate surface area is 93.2 Å². The molecule has 3 nitrogen and oxygen atoms in total. The third-order valence-corrected chi connectivity index (χ3v) is 2.78. The molecule has 0 saturated heterocycles. The zero-order chi connectivity index (χ0) is 10.7. The van der Waals surface area contributed by atoms with Gasteiger partial charge in [0.15, 0.2) is 0 Å². The van der Waals surface area contributed by atoms with Crippen molar-refractivity contribution in [1.82, 2.24) is 9.97 Å². The lowest BCUT2D eigenvalue weighted by Crippen LogP contribution is -2.08. The Bertz CT molecular complexity index is 425. The molecular formula is C11H13N3S. The van der Waals surface area contributed by atoms with Gasteiger partial charge in [-0.15, -0.1) is 11.3 Å². The Balaban J connectivity index is 2.09. The van der Waals surface area contributed by atoms with Crippen molar-refractivity contribution in [1.29, 1.82) is 0 Å². The molecule has 0 spiro atoms. The third kappa shape index (κ3) is 2.53. The van der Waals surface area contributed by atoms with Crippen molar-refractivity contribution < 1.29 is 0 Å². The molecule has 2 rings (SSSR count). The Morgan fingerprint density at radius 3 is 2.93 bits per heavy atom. The standard InChI is InChI=1S/C11H13N3S/c1-8-3-4-12-11(5-8)14-9(2)10-6-15-7-13-10/h3-7,9H,1-2H3,(H,12,14). The van der Waals surface area contributed by atoms with Crippen molar-refractivity contribution in [2.75, 3.05) is 5.32 Å². The smallest absolute Gasteiger partial charge is 0.126 e. The highest BCUT2D eigenvalue weighted by Crippen LogP contribution is 2.17. The van der Waals surface area contributed by atoms with Crippen LogP contribution in [-0.2, 0) is 0 Å². The van der Waals surface area contributed by atoms with E-state index in [1.807, 2.05) is 29.2 Å². The molecule has 1 N–H and O–H groups in total. The van der Waals surface area contributed by atoms with Gasteiger partial charge in [0.25, 0.3) is 0 Å². The van der Waals surface area contributed by atoms with Gasteiger partial charge in [-0.1, -0.05) is 0 Å². The first-order chi connectivity index (χ1) is 7.25. The Morgan fingerprint density at radius 1 is 1.40 bits per heavy atom.